The Hall–Kier alpha value is -3.11. The third-order valence-corrected chi connectivity index (χ3v) is 5.78. The van der Waals surface area contributed by atoms with E-state index in [4.69, 9.17) is 0 Å². The molecule has 3 N–H and O–H groups in total. The van der Waals surface area contributed by atoms with Gasteiger partial charge in [0.25, 0.3) is 0 Å². The molecule has 1 aliphatic rings. The van der Waals surface area contributed by atoms with E-state index >= 15 is 0 Å². The van der Waals surface area contributed by atoms with Gasteiger partial charge in [0.1, 0.15) is 11.9 Å². The fourth-order valence-electron chi connectivity index (χ4n) is 4.17. The first-order chi connectivity index (χ1) is 15.3. The van der Waals surface area contributed by atoms with Gasteiger partial charge < -0.3 is 20.1 Å². The predicted molar refractivity (Wildman–Crippen MR) is 112 cm³/mol. The molecule has 170 valence electrons. The van der Waals surface area contributed by atoms with E-state index in [2.05, 4.69) is 9.97 Å². The molecule has 3 heterocycles. The average Bonchev–Trinajstić information content (AvgIpc) is 3.01. The molecule has 0 spiro atoms. The molecule has 7 nitrogen and oxygen atoms in total. The minimum atomic E-state index is -4.44. The standard InChI is InChI=1S/C22H23F3N4O3/c23-22(24,25)15-3-5-19(27-11-15)28-6-1-7-29(9-8-28)20(21(31)32)17-12-26-18-10-14(13-30)2-4-16(17)18/h2-5,10-12,20,26,30H,1,6-9,13H2,(H,31,32)/t20-/m0/s1. The van der Waals surface area contributed by atoms with Crippen molar-refractivity contribution >= 4 is 22.7 Å². The van der Waals surface area contributed by atoms with Crippen molar-refractivity contribution < 1.29 is 28.2 Å². The number of rotatable bonds is 5. The number of halogens is 3. The number of carbonyl (C=O) groups is 1. The van der Waals surface area contributed by atoms with Gasteiger partial charge in [-0.25, -0.2) is 4.98 Å². The Morgan fingerprint density at radius 2 is 1.97 bits per heavy atom. The van der Waals surface area contributed by atoms with Crippen LogP contribution in [0, 0.1) is 0 Å². The molecule has 3 aromatic rings. The van der Waals surface area contributed by atoms with Gasteiger partial charge in [0.2, 0.25) is 0 Å². The molecule has 1 aliphatic heterocycles. The number of H-pyrrole nitrogens is 1. The molecule has 1 aromatic carbocycles. The number of aliphatic hydroxyl groups excluding tert-OH is 1. The third-order valence-electron chi connectivity index (χ3n) is 5.78. The first-order valence-electron chi connectivity index (χ1n) is 10.2. The molecule has 0 unspecified atom stereocenters. The van der Waals surface area contributed by atoms with Crippen molar-refractivity contribution in [3.8, 4) is 0 Å². The molecule has 0 radical (unpaired) electrons. The lowest BCUT2D eigenvalue weighted by atomic mass is 10.0. The Kier molecular flexibility index (Phi) is 6.07. The second-order valence-electron chi connectivity index (χ2n) is 7.80. The van der Waals surface area contributed by atoms with Gasteiger partial charge in [0.05, 0.1) is 12.2 Å². The highest BCUT2D eigenvalue weighted by molar-refractivity contribution is 5.89. The van der Waals surface area contributed by atoms with E-state index in [1.807, 2.05) is 9.80 Å². The lowest BCUT2D eigenvalue weighted by Crippen LogP contribution is -2.37. The maximum atomic E-state index is 12.8. The van der Waals surface area contributed by atoms with Crippen molar-refractivity contribution in [2.75, 3.05) is 31.1 Å². The summed E-state index contributed by atoms with van der Waals surface area (Å²) in [5.41, 5.74) is 1.32. The monoisotopic (exact) mass is 448 g/mol. The van der Waals surface area contributed by atoms with E-state index < -0.39 is 23.8 Å². The highest BCUT2D eigenvalue weighted by atomic mass is 19.4. The number of benzene rings is 1. The number of aromatic amines is 1. The van der Waals surface area contributed by atoms with Crippen molar-refractivity contribution in [2.24, 2.45) is 0 Å². The summed E-state index contributed by atoms with van der Waals surface area (Å²) in [6.07, 6.45) is -1.29. The van der Waals surface area contributed by atoms with Gasteiger partial charge in [0.15, 0.2) is 0 Å². The number of carboxylic acid groups (broad SMARTS) is 1. The number of hydrogen-bond donors (Lipinski definition) is 3. The van der Waals surface area contributed by atoms with Gasteiger partial charge in [-0.05, 0) is 30.2 Å². The smallest absolute Gasteiger partial charge is 0.417 e. The number of carboxylic acids is 1. The van der Waals surface area contributed by atoms with Crippen LogP contribution in [0.5, 0.6) is 0 Å². The number of aliphatic carboxylic acids is 1. The van der Waals surface area contributed by atoms with Crippen LogP contribution < -0.4 is 4.90 Å². The molecule has 0 bridgehead atoms. The fraction of sp³-hybridized carbons (Fsp3) is 0.364. The van der Waals surface area contributed by atoms with E-state index in [9.17, 15) is 28.2 Å². The Bertz CT molecular complexity index is 1100. The lowest BCUT2D eigenvalue weighted by Gasteiger charge is -2.27. The van der Waals surface area contributed by atoms with Crippen LogP contribution in [0.2, 0.25) is 0 Å². The van der Waals surface area contributed by atoms with Crippen molar-refractivity contribution in [1.29, 1.82) is 0 Å². The van der Waals surface area contributed by atoms with E-state index in [1.54, 1.807) is 24.4 Å². The zero-order valence-corrected chi connectivity index (χ0v) is 17.1. The summed E-state index contributed by atoms with van der Waals surface area (Å²) in [7, 11) is 0. The van der Waals surface area contributed by atoms with Crippen LogP contribution in [0.15, 0.2) is 42.7 Å². The van der Waals surface area contributed by atoms with Crippen LogP contribution in [-0.2, 0) is 17.6 Å². The number of nitrogens with zero attached hydrogens (tertiary/aromatic N) is 3. The van der Waals surface area contributed by atoms with Gasteiger partial charge in [-0.1, -0.05) is 12.1 Å². The first-order valence-corrected chi connectivity index (χ1v) is 10.2. The number of hydrogen-bond acceptors (Lipinski definition) is 5. The number of nitrogens with one attached hydrogen (secondary N) is 1. The van der Waals surface area contributed by atoms with Gasteiger partial charge >= 0.3 is 12.1 Å². The third kappa shape index (κ3) is 4.42. The highest BCUT2D eigenvalue weighted by Gasteiger charge is 2.33. The molecule has 1 atom stereocenters. The SMILES string of the molecule is O=C(O)[C@H](c1c[nH]c2cc(CO)ccc12)N1CCCN(c2ccc(C(F)(F)F)cn2)CC1. The Balaban J connectivity index is 1.54. The van der Waals surface area contributed by atoms with Crippen LogP contribution in [0.3, 0.4) is 0 Å². The minimum absolute atomic E-state index is 0.105. The second kappa shape index (κ2) is 8.79. The van der Waals surface area contributed by atoms with Crippen LogP contribution in [0.4, 0.5) is 19.0 Å². The summed E-state index contributed by atoms with van der Waals surface area (Å²) in [4.78, 5) is 23.0. The fourth-order valence-corrected chi connectivity index (χ4v) is 4.17. The lowest BCUT2D eigenvalue weighted by molar-refractivity contribution is -0.143. The Labute approximate surface area is 182 Å². The maximum Gasteiger partial charge on any atom is 0.417 e. The van der Waals surface area contributed by atoms with Gasteiger partial charge in [0, 0.05) is 55.0 Å². The number of pyridine rings is 1. The molecule has 4 rings (SSSR count). The molecule has 0 aliphatic carbocycles. The minimum Gasteiger partial charge on any atom is -0.480 e. The maximum absolute atomic E-state index is 12.8. The molecular weight excluding hydrogens is 425 g/mol. The molecule has 1 fully saturated rings. The Morgan fingerprint density at radius 1 is 1.16 bits per heavy atom. The molecule has 0 amide bonds. The number of aliphatic hydroxyl groups is 1. The summed E-state index contributed by atoms with van der Waals surface area (Å²) in [5.74, 6) is -0.534. The zero-order chi connectivity index (χ0) is 22.9. The van der Waals surface area contributed by atoms with E-state index in [1.165, 1.54) is 6.07 Å². The second-order valence-corrected chi connectivity index (χ2v) is 7.80. The summed E-state index contributed by atoms with van der Waals surface area (Å²) < 4.78 is 38.4. The van der Waals surface area contributed by atoms with E-state index in [-0.39, 0.29) is 6.61 Å². The van der Waals surface area contributed by atoms with Crippen LogP contribution in [0.1, 0.15) is 29.2 Å². The van der Waals surface area contributed by atoms with E-state index in [0.29, 0.717) is 44.0 Å². The van der Waals surface area contributed by atoms with Crippen LogP contribution >= 0.6 is 0 Å². The zero-order valence-electron chi connectivity index (χ0n) is 17.1. The molecule has 10 heteroatoms. The molecule has 32 heavy (non-hydrogen) atoms. The molecule has 2 aromatic heterocycles. The molecule has 1 saturated heterocycles. The van der Waals surface area contributed by atoms with Crippen molar-refractivity contribution in [2.45, 2.75) is 25.2 Å². The molecular formula is C22H23F3N4O3. The number of anilines is 1. The van der Waals surface area contributed by atoms with Crippen LogP contribution in [-0.4, -0.2) is 57.2 Å². The average molecular weight is 448 g/mol. The molecule has 0 saturated carbocycles. The number of fused-ring (bicyclic) bond motifs is 1. The van der Waals surface area contributed by atoms with Gasteiger partial charge in [-0.2, -0.15) is 13.2 Å². The van der Waals surface area contributed by atoms with Crippen molar-refractivity contribution in [3.63, 3.8) is 0 Å². The quantitative estimate of drug-likeness (QED) is 0.554. The van der Waals surface area contributed by atoms with Crippen LogP contribution in [0.25, 0.3) is 10.9 Å². The topological polar surface area (TPSA) is 92.7 Å². The first kappa shape index (κ1) is 22.1. The number of aromatic nitrogens is 2. The predicted octanol–water partition coefficient (Wildman–Crippen LogP) is 3.41. The van der Waals surface area contributed by atoms with Crippen molar-refractivity contribution in [3.05, 3.63) is 59.4 Å². The summed E-state index contributed by atoms with van der Waals surface area (Å²) >= 11 is 0. The van der Waals surface area contributed by atoms with Crippen molar-refractivity contribution in [1.82, 2.24) is 14.9 Å². The summed E-state index contributed by atoms with van der Waals surface area (Å²) in [6, 6.07) is 6.85. The highest BCUT2D eigenvalue weighted by Crippen LogP contribution is 2.32. The summed E-state index contributed by atoms with van der Waals surface area (Å²) in [6.45, 7) is 1.84. The normalized spacial score (nSPS) is 16.8. The van der Waals surface area contributed by atoms with Gasteiger partial charge in [-0.15, -0.1) is 0 Å². The largest absolute Gasteiger partial charge is 0.480 e. The summed E-state index contributed by atoms with van der Waals surface area (Å²) in [5, 5.41) is 20.1. The van der Waals surface area contributed by atoms with E-state index in [0.717, 1.165) is 28.7 Å². The number of alkyl halides is 3. The Morgan fingerprint density at radius 3 is 2.62 bits per heavy atom. The van der Waals surface area contributed by atoms with Gasteiger partial charge in [-0.3, -0.25) is 9.69 Å².